The Hall–Kier alpha value is -3.29. The number of nitrogens with zero attached hydrogens (tertiary/aromatic N) is 4. The second kappa shape index (κ2) is 10.6. The van der Waals surface area contributed by atoms with E-state index in [1.807, 2.05) is 24.4 Å². The van der Waals surface area contributed by atoms with Gasteiger partial charge >= 0.3 is 0 Å². The smallest absolute Gasteiger partial charge is 0.224 e. The SMILES string of the molecule is c1ccc(CN2CCC(Nc3nc(NCc4ccccn4)ncc3-c3cccs3)CC2)cc1. The van der Waals surface area contributed by atoms with Crippen LogP contribution in [0.2, 0.25) is 0 Å². The Morgan fingerprint density at radius 1 is 0.939 bits per heavy atom. The van der Waals surface area contributed by atoms with Gasteiger partial charge in [-0.3, -0.25) is 9.88 Å². The Kier molecular flexibility index (Phi) is 6.89. The van der Waals surface area contributed by atoms with Gasteiger partial charge in [-0.25, -0.2) is 4.98 Å². The molecule has 0 spiro atoms. The van der Waals surface area contributed by atoms with E-state index in [2.05, 4.69) is 73.3 Å². The van der Waals surface area contributed by atoms with Gasteiger partial charge in [-0.15, -0.1) is 11.3 Å². The Morgan fingerprint density at radius 3 is 2.55 bits per heavy atom. The molecule has 1 aliphatic rings. The van der Waals surface area contributed by atoms with Crippen LogP contribution in [-0.4, -0.2) is 39.0 Å². The zero-order chi connectivity index (χ0) is 22.3. The third-order valence-corrected chi connectivity index (χ3v) is 6.81. The number of hydrogen-bond acceptors (Lipinski definition) is 7. The van der Waals surface area contributed by atoms with Crippen molar-refractivity contribution in [3.8, 4) is 10.4 Å². The molecular formula is C26H28N6S. The van der Waals surface area contributed by atoms with Crippen LogP contribution in [0.5, 0.6) is 0 Å². The van der Waals surface area contributed by atoms with Gasteiger partial charge in [-0.05, 0) is 42.0 Å². The van der Waals surface area contributed by atoms with E-state index in [-0.39, 0.29) is 0 Å². The van der Waals surface area contributed by atoms with Gasteiger partial charge in [0.2, 0.25) is 5.95 Å². The second-order valence-corrected chi connectivity index (χ2v) is 9.24. The number of piperidine rings is 1. The third-order valence-electron chi connectivity index (χ3n) is 5.91. The summed E-state index contributed by atoms with van der Waals surface area (Å²) in [5.74, 6) is 1.52. The molecule has 0 radical (unpaired) electrons. The molecule has 6 nitrogen and oxygen atoms in total. The lowest BCUT2D eigenvalue weighted by atomic mass is 10.0. The highest BCUT2D eigenvalue weighted by molar-refractivity contribution is 7.13. The molecule has 4 aromatic rings. The van der Waals surface area contributed by atoms with Crippen LogP contribution in [0.1, 0.15) is 24.1 Å². The van der Waals surface area contributed by atoms with Gasteiger partial charge in [0, 0.05) is 42.9 Å². The molecule has 0 amide bonds. The Balaban J connectivity index is 1.26. The lowest BCUT2D eigenvalue weighted by molar-refractivity contribution is 0.211. The van der Waals surface area contributed by atoms with Crippen molar-refractivity contribution in [1.82, 2.24) is 19.9 Å². The van der Waals surface area contributed by atoms with Gasteiger partial charge in [-0.1, -0.05) is 42.5 Å². The normalized spacial score (nSPS) is 14.8. The second-order valence-electron chi connectivity index (χ2n) is 8.29. The lowest BCUT2D eigenvalue weighted by Crippen LogP contribution is -2.38. The minimum Gasteiger partial charge on any atom is -0.367 e. The van der Waals surface area contributed by atoms with E-state index >= 15 is 0 Å². The van der Waals surface area contributed by atoms with E-state index in [1.54, 1.807) is 17.5 Å². The van der Waals surface area contributed by atoms with E-state index in [1.165, 1.54) is 10.4 Å². The number of likely N-dealkylation sites (tertiary alicyclic amines) is 1. The summed E-state index contributed by atoms with van der Waals surface area (Å²) in [5.41, 5.74) is 3.40. The fourth-order valence-electron chi connectivity index (χ4n) is 4.13. The Labute approximate surface area is 198 Å². The number of anilines is 2. The summed E-state index contributed by atoms with van der Waals surface area (Å²) in [4.78, 5) is 17.5. The molecule has 33 heavy (non-hydrogen) atoms. The monoisotopic (exact) mass is 456 g/mol. The molecule has 0 atom stereocenters. The van der Waals surface area contributed by atoms with Gasteiger partial charge in [0.05, 0.1) is 17.8 Å². The van der Waals surface area contributed by atoms with Crippen LogP contribution in [0.4, 0.5) is 11.8 Å². The minimum atomic E-state index is 0.397. The highest BCUT2D eigenvalue weighted by Crippen LogP contribution is 2.32. The molecule has 5 rings (SSSR count). The summed E-state index contributed by atoms with van der Waals surface area (Å²) < 4.78 is 0. The van der Waals surface area contributed by atoms with Gasteiger partial charge in [-0.2, -0.15) is 4.98 Å². The lowest BCUT2D eigenvalue weighted by Gasteiger charge is -2.33. The molecule has 0 aliphatic carbocycles. The minimum absolute atomic E-state index is 0.397. The molecule has 1 aromatic carbocycles. The molecule has 2 N–H and O–H groups in total. The highest BCUT2D eigenvalue weighted by Gasteiger charge is 2.21. The van der Waals surface area contributed by atoms with Crippen molar-refractivity contribution < 1.29 is 0 Å². The summed E-state index contributed by atoms with van der Waals surface area (Å²) in [5, 5.41) is 9.14. The number of pyridine rings is 1. The molecule has 168 valence electrons. The number of aromatic nitrogens is 3. The van der Waals surface area contributed by atoms with Gasteiger partial charge in [0.15, 0.2) is 0 Å². The number of rotatable bonds is 8. The molecule has 3 aromatic heterocycles. The van der Waals surface area contributed by atoms with Crippen LogP contribution >= 0.6 is 11.3 Å². The largest absolute Gasteiger partial charge is 0.367 e. The molecule has 0 bridgehead atoms. The van der Waals surface area contributed by atoms with Crippen molar-refractivity contribution in [2.24, 2.45) is 0 Å². The van der Waals surface area contributed by atoms with E-state index < -0.39 is 0 Å². The fourth-order valence-corrected chi connectivity index (χ4v) is 4.87. The molecule has 0 unspecified atom stereocenters. The molecule has 4 heterocycles. The van der Waals surface area contributed by atoms with Crippen molar-refractivity contribution in [1.29, 1.82) is 0 Å². The molecule has 7 heteroatoms. The predicted octanol–water partition coefficient (Wildman–Crippen LogP) is 5.29. The molecule has 1 saturated heterocycles. The zero-order valence-corrected chi connectivity index (χ0v) is 19.3. The predicted molar refractivity (Wildman–Crippen MR) is 135 cm³/mol. The van der Waals surface area contributed by atoms with Crippen LogP contribution in [0.25, 0.3) is 10.4 Å². The average molecular weight is 457 g/mol. The van der Waals surface area contributed by atoms with Crippen molar-refractivity contribution >= 4 is 23.1 Å². The average Bonchev–Trinajstić information content (AvgIpc) is 3.40. The first kappa shape index (κ1) is 21.6. The first-order valence-corrected chi connectivity index (χ1v) is 12.3. The summed E-state index contributed by atoms with van der Waals surface area (Å²) in [6.07, 6.45) is 5.91. The van der Waals surface area contributed by atoms with E-state index in [0.29, 0.717) is 18.5 Å². The Bertz CT molecular complexity index is 1130. The molecule has 1 fully saturated rings. The van der Waals surface area contributed by atoms with E-state index in [4.69, 9.17) is 4.98 Å². The molecular weight excluding hydrogens is 428 g/mol. The van der Waals surface area contributed by atoms with Crippen molar-refractivity contribution in [3.63, 3.8) is 0 Å². The Morgan fingerprint density at radius 2 is 1.79 bits per heavy atom. The van der Waals surface area contributed by atoms with Gasteiger partial charge < -0.3 is 10.6 Å². The fraction of sp³-hybridized carbons (Fsp3) is 0.269. The third kappa shape index (κ3) is 5.74. The van der Waals surface area contributed by atoms with Crippen LogP contribution < -0.4 is 10.6 Å². The maximum atomic E-state index is 4.86. The van der Waals surface area contributed by atoms with Crippen LogP contribution in [0.3, 0.4) is 0 Å². The van der Waals surface area contributed by atoms with Crippen LogP contribution in [0, 0.1) is 0 Å². The number of hydrogen-bond donors (Lipinski definition) is 2. The summed E-state index contributed by atoms with van der Waals surface area (Å²) in [7, 11) is 0. The summed E-state index contributed by atoms with van der Waals surface area (Å²) >= 11 is 1.71. The van der Waals surface area contributed by atoms with Gasteiger partial charge in [0.1, 0.15) is 5.82 Å². The highest BCUT2D eigenvalue weighted by atomic mass is 32.1. The standard InChI is InChI=1S/C26H28N6S/c1-2-7-20(8-3-1)19-32-14-11-21(12-15-32)30-25-23(24-10-6-16-33-24)18-29-26(31-25)28-17-22-9-4-5-13-27-22/h1-10,13,16,18,21H,11-12,14-15,17,19H2,(H2,28,29,30,31). The quantitative estimate of drug-likeness (QED) is 0.376. The van der Waals surface area contributed by atoms with Crippen LogP contribution in [-0.2, 0) is 13.1 Å². The molecule has 0 saturated carbocycles. The van der Waals surface area contributed by atoms with Crippen molar-refractivity contribution in [2.45, 2.75) is 32.0 Å². The zero-order valence-electron chi connectivity index (χ0n) is 18.5. The first-order chi connectivity index (χ1) is 16.3. The number of benzene rings is 1. The van der Waals surface area contributed by atoms with Crippen LogP contribution in [0.15, 0.2) is 78.4 Å². The first-order valence-electron chi connectivity index (χ1n) is 11.4. The number of thiophene rings is 1. The maximum Gasteiger partial charge on any atom is 0.224 e. The van der Waals surface area contributed by atoms with E-state index in [9.17, 15) is 0 Å². The maximum absolute atomic E-state index is 4.86. The van der Waals surface area contributed by atoms with Crippen molar-refractivity contribution in [2.75, 3.05) is 23.7 Å². The van der Waals surface area contributed by atoms with Gasteiger partial charge in [0.25, 0.3) is 0 Å². The summed E-state index contributed by atoms with van der Waals surface area (Å²) in [6, 6.07) is 21.2. The summed E-state index contributed by atoms with van der Waals surface area (Å²) in [6.45, 7) is 3.77. The number of nitrogens with one attached hydrogen (secondary N) is 2. The molecule has 1 aliphatic heterocycles. The van der Waals surface area contributed by atoms with E-state index in [0.717, 1.165) is 49.6 Å². The topological polar surface area (TPSA) is 66.0 Å². The van der Waals surface area contributed by atoms with Crippen molar-refractivity contribution in [3.05, 3.63) is 89.7 Å².